The first-order valence-corrected chi connectivity index (χ1v) is 9.16. The molecule has 1 aromatic rings. The summed E-state index contributed by atoms with van der Waals surface area (Å²) in [6, 6.07) is 3.90. The Morgan fingerprint density at radius 3 is 2.40 bits per heavy atom. The fourth-order valence-electron chi connectivity index (χ4n) is 3.51. The minimum atomic E-state index is -0.178. The number of anilines is 2. The van der Waals surface area contributed by atoms with Gasteiger partial charge in [0.15, 0.2) is 0 Å². The number of nitrogens with zero attached hydrogens (tertiary/aromatic N) is 3. The fraction of sp³-hybridized carbons (Fsp3) is 0.611. The average Bonchev–Trinajstić information content (AvgIpc) is 2.63. The molecule has 3 rings (SSSR count). The van der Waals surface area contributed by atoms with Crippen LogP contribution in [0.5, 0.6) is 0 Å². The molecule has 1 saturated heterocycles. The smallest absolute Gasteiger partial charge is 0.320 e. The van der Waals surface area contributed by atoms with Crippen LogP contribution in [0.15, 0.2) is 18.3 Å². The number of pyridine rings is 1. The Morgan fingerprint density at radius 1 is 1.08 bits per heavy atom. The Kier molecular flexibility index (Phi) is 5.73. The molecule has 25 heavy (non-hydrogen) atoms. The standard InChI is InChI=1S/C18H27N5O2/c1-14(24)22-9-11-23(12-10-22)16-7-8-17(19-13-16)21-18(25)20-15-5-3-2-4-6-15/h7-8,13,15H,2-6,9-12H2,1H3,(H2,19,20,21,25). The molecule has 136 valence electrons. The Morgan fingerprint density at radius 2 is 1.80 bits per heavy atom. The van der Waals surface area contributed by atoms with Crippen LogP contribution in [0.2, 0.25) is 0 Å². The summed E-state index contributed by atoms with van der Waals surface area (Å²) >= 11 is 0. The van der Waals surface area contributed by atoms with Crippen molar-refractivity contribution in [2.24, 2.45) is 0 Å². The largest absolute Gasteiger partial charge is 0.367 e. The second-order valence-electron chi connectivity index (χ2n) is 6.83. The summed E-state index contributed by atoms with van der Waals surface area (Å²) in [6.07, 6.45) is 7.55. The maximum atomic E-state index is 12.1. The van der Waals surface area contributed by atoms with Crippen LogP contribution < -0.4 is 15.5 Å². The zero-order chi connectivity index (χ0) is 17.6. The summed E-state index contributed by atoms with van der Waals surface area (Å²) in [5.41, 5.74) is 1.02. The summed E-state index contributed by atoms with van der Waals surface area (Å²) < 4.78 is 0. The highest BCUT2D eigenvalue weighted by Gasteiger charge is 2.19. The van der Waals surface area contributed by atoms with Gasteiger partial charge in [0.05, 0.1) is 11.9 Å². The Bertz CT molecular complexity index is 590. The van der Waals surface area contributed by atoms with Gasteiger partial charge in [0, 0.05) is 39.1 Å². The molecule has 2 heterocycles. The van der Waals surface area contributed by atoms with E-state index < -0.39 is 0 Å². The third kappa shape index (κ3) is 4.84. The number of rotatable bonds is 3. The van der Waals surface area contributed by atoms with Crippen LogP contribution in [0, 0.1) is 0 Å². The van der Waals surface area contributed by atoms with E-state index in [0.717, 1.165) is 44.7 Å². The van der Waals surface area contributed by atoms with Crippen LogP contribution in [0.1, 0.15) is 39.0 Å². The number of carbonyl (C=O) groups is 2. The first-order chi connectivity index (χ1) is 12.1. The summed E-state index contributed by atoms with van der Waals surface area (Å²) in [6.45, 7) is 4.68. The Hall–Kier alpha value is -2.31. The average molecular weight is 345 g/mol. The van der Waals surface area contributed by atoms with Gasteiger partial charge < -0.3 is 15.1 Å². The van der Waals surface area contributed by atoms with Crippen molar-refractivity contribution in [3.63, 3.8) is 0 Å². The number of carbonyl (C=O) groups excluding carboxylic acids is 2. The molecule has 2 aliphatic rings. The first kappa shape index (κ1) is 17.5. The highest BCUT2D eigenvalue weighted by Crippen LogP contribution is 2.19. The van der Waals surface area contributed by atoms with Gasteiger partial charge in [-0.25, -0.2) is 9.78 Å². The predicted octanol–water partition coefficient (Wildman–Crippen LogP) is 2.20. The van der Waals surface area contributed by atoms with Crippen molar-refractivity contribution < 1.29 is 9.59 Å². The van der Waals surface area contributed by atoms with Crippen molar-refractivity contribution in [3.05, 3.63) is 18.3 Å². The third-order valence-corrected chi connectivity index (χ3v) is 5.02. The van der Waals surface area contributed by atoms with Crippen LogP contribution in [-0.2, 0) is 4.79 Å². The van der Waals surface area contributed by atoms with Gasteiger partial charge in [0.1, 0.15) is 5.82 Å². The van der Waals surface area contributed by atoms with Gasteiger partial charge in [-0.2, -0.15) is 0 Å². The van der Waals surface area contributed by atoms with Crippen molar-refractivity contribution in [2.45, 2.75) is 45.1 Å². The van der Waals surface area contributed by atoms with Crippen molar-refractivity contribution in [2.75, 3.05) is 36.4 Å². The minimum absolute atomic E-state index is 0.126. The lowest BCUT2D eigenvalue weighted by molar-refractivity contribution is -0.129. The lowest BCUT2D eigenvalue weighted by Crippen LogP contribution is -2.48. The Labute approximate surface area is 148 Å². The van der Waals surface area contributed by atoms with Crippen molar-refractivity contribution >= 4 is 23.4 Å². The number of amides is 3. The lowest BCUT2D eigenvalue weighted by Gasteiger charge is -2.35. The van der Waals surface area contributed by atoms with E-state index in [1.807, 2.05) is 17.0 Å². The van der Waals surface area contributed by atoms with E-state index in [1.54, 1.807) is 13.1 Å². The lowest BCUT2D eigenvalue weighted by atomic mass is 9.96. The molecule has 1 aliphatic heterocycles. The van der Waals surface area contributed by atoms with Crippen LogP contribution >= 0.6 is 0 Å². The van der Waals surface area contributed by atoms with Gasteiger partial charge in [-0.05, 0) is 25.0 Å². The number of urea groups is 1. The monoisotopic (exact) mass is 345 g/mol. The Balaban J connectivity index is 1.48. The van der Waals surface area contributed by atoms with Crippen LogP contribution in [0.25, 0.3) is 0 Å². The van der Waals surface area contributed by atoms with Crippen LogP contribution in [0.4, 0.5) is 16.3 Å². The SMILES string of the molecule is CC(=O)N1CCN(c2ccc(NC(=O)NC3CCCCC3)nc2)CC1. The number of aromatic nitrogens is 1. The van der Waals surface area contributed by atoms with E-state index >= 15 is 0 Å². The molecule has 0 radical (unpaired) electrons. The molecule has 2 fully saturated rings. The number of hydrogen-bond acceptors (Lipinski definition) is 4. The van der Waals surface area contributed by atoms with E-state index in [2.05, 4.69) is 20.5 Å². The number of hydrogen-bond donors (Lipinski definition) is 2. The molecule has 3 amide bonds. The minimum Gasteiger partial charge on any atom is -0.367 e. The molecular formula is C18H27N5O2. The quantitative estimate of drug-likeness (QED) is 0.880. The summed E-state index contributed by atoms with van der Waals surface area (Å²) in [4.78, 5) is 31.8. The molecule has 0 spiro atoms. The van der Waals surface area contributed by atoms with Gasteiger partial charge >= 0.3 is 6.03 Å². The molecular weight excluding hydrogens is 318 g/mol. The highest BCUT2D eigenvalue weighted by atomic mass is 16.2. The molecule has 0 aromatic carbocycles. The molecule has 7 heteroatoms. The molecule has 0 atom stereocenters. The van der Waals surface area contributed by atoms with Crippen molar-refractivity contribution in [3.8, 4) is 0 Å². The molecule has 1 aromatic heterocycles. The van der Waals surface area contributed by atoms with Gasteiger partial charge in [0.25, 0.3) is 0 Å². The highest BCUT2D eigenvalue weighted by molar-refractivity contribution is 5.88. The third-order valence-electron chi connectivity index (χ3n) is 5.02. The molecule has 7 nitrogen and oxygen atoms in total. The summed E-state index contributed by atoms with van der Waals surface area (Å²) in [7, 11) is 0. The maximum Gasteiger partial charge on any atom is 0.320 e. The molecule has 1 saturated carbocycles. The molecule has 0 bridgehead atoms. The second-order valence-corrected chi connectivity index (χ2v) is 6.83. The number of piperazine rings is 1. The van der Waals surface area contributed by atoms with E-state index in [-0.39, 0.29) is 18.0 Å². The summed E-state index contributed by atoms with van der Waals surface area (Å²) in [5, 5.41) is 5.83. The van der Waals surface area contributed by atoms with E-state index in [0.29, 0.717) is 5.82 Å². The topological polar surface area (TPSA) is 77.6 Å². The first-order valence-electron chi connectivity index (χ1n) is 9.16. The second kappa shape index (κ2) is 8.18. The van der Waals surface area contributed by atoms with Crippen LogP contribution in [0.3, 0.4) is 0 Å². The van der Waals surface area contributed by atoms with Gasteiger partial charge in [0.2, 0.25) is 5.91 Å². The zero-order valence-corrected chi connectivity index (χ0v) is 14.8. The normalized spacial score (nSPS) is 18.8. The van der Waals surface area contributed by atoms with E-state index in [9.17, 15) is 9.59 Å². The zero-order valence-electron chi connectivity index (χ0n) is 14.8. The maximum absolute atomic E-state index is 12.1. The van der Waals surface area contributed by atoms with Gasteiger partial charge in [-0.15, -0.1) is 0 Å². The summed E-state index contributed by atoms with van der Waals surface area (Å²) in [5.74, 6) is 0.681. The van der Waals surface area contributed by atoms with Gasteiger partial charge in [-0.1, -0.05) is 19.3 Å². The number of nitrogens with one attached hydrogen (secondary N) is 2. The fourth-order valence-corrected chi connectivity index (χ4v) is 3.51. The van der Waals surface area contributed by atoms with Crippen molar-refractivity contribution in [1.82, 2.24) is 15.2 Å². The van der Waals surface area contributed by atoms with Gasteiger partial charge in [-0.3, -0.25) is 10.1 Å². The van der Waals surface area contributed by atoms with E-state index in [1.165, 1.54) is 19.3 Å². The molecule has 0 unspecified atom stereocenters. The predicted molar refractivity (Wildman–Crippen MR) is 97.7 cm³/mol. The molecule has 1 aliphatic carbocycles. The van der Waals surface area contributed by atoms with Crippen molar-refractivity contribution in [1.29, 1.82) is 0 Å². The van der Waals surface area contributed by atoms with Crippen LogP contribution in [-0.4, -0.2) is 54.0 Å². The van der Waals surface area contributed by atoms with E-state index in [4.69, 9.17) is 0 Å². The molecule has 2 N–H and O–H groups in total.